The summed E-state index contributed by atoms with van der Waals surface area (Å²) >= 11 is 9.40. The van der Waals surface area contributed by atoms with Gasteiger partial charge in [-0.3, -0.25) is 0 Å². The molecule has 1 nitrogen and oxygen atoms in total. The van der Waals surface area contributed by atoms with E-state index >= 15 is 0 Å². The molecule has 0 radical (unpaired) electrons. The minimum absolute atomic E-state index is 0.0123. The summed E-state index contributed by atoms with van der Waals surface area (Å²) < 4.78 is 40.2. The first-order valence-electron chi connectivity index (χ1n) is 6.05. The Kier molecular flexibility index (Phi) is 4.38. The van der Waals surface area contributed by atoms with Crippen LogP contribution in [-0.4, -0.2) is 0 Å². The Hall–Kier alpha value is -1.04. The largest absolute Gasteiger partial charge is 0.416 e. The van der Waals surface area contributed by atoms with E-state index in [2.05, 4.69) is 15.9 Å². The van der Waals surface area contributed by atoms with E-state index in [4.69, 9.17) is 17.3 Å². The second kappa shape index (κ2) is 5.63. The van der Waals surface area contributed by atoms with E-state index in [1.165, 1.54) is 25.1 Å². The predicted molar refractivity (Wildman–Crippen MR) is 81.2 cm³/mol. The van der Waals surface area contributed by atoms with Gasteiger partial charge in [-0.15, -0.1) is 0 Å². The zero-order valence-corrected chi connectivity index (χ0v) is 13.4. The van der Waals surface area contributed by atoms with Crippen LogP contribution in [0.25, 0.3) is 0 Å². The van der Waals surface area contributed by atoms with Crippen molar-refractivity contribution >= 4 is 27.5 Å². The van der Waals surface area contributed by atoms with Crippen molar-refractivity contribution in [1.29, 1.82) is 0 Å². The summed E-state index contributed by atoms with van der Waals surface area (Å²) in [5.41, 5.74) is 4.52. The van der Waals surface area contributed by atoms with Gasteiger partial charge in [0.05, 0.1) is 11.1 Å². The molecule has 112 valence electrons. The SMILES string of the molecule is CC(N)(c1ccc(Br)cc1Cl)c1ccccc1C(F)(F)F. The summed E-state index contributed by atoms with van der Waals surface area (Å²) in [6.07, 6.45) is -4.47. The van der Waals surface area contributed by atoms with Crippen LogP contribution in [0, 0.1) is 0 Å². The zero-order valence-electron chi connectivity index (χ0n) is 11.0. The van der Waals surface area contributed by atoms with Crippen molar-refractivity contribution in [2.24, 2.45) is 5.73 Å². The maximum atomic E-state index is 13.2. The maximum absolute atomic E-state index is 13.2. The Labute approximate surface area is 134 Å². The summed E-state index contributed by atoms with van der Waals surface area (Å²) in [6.45, 7) is 1.52. The normalized spacial score (nSPS) is 14.8. The lowest BCUT2D eigenvalue weighted by Crippen LogP contribution is -2.36. The first kappa shape index (κ1) is 16.3. The quantitative estimate of drug-likeness (QED) is 0.749. The highest BCUT2D eigenvalue weighted by Gasteiger charge is 2.39. The second-order valence-corrected chi connectivity index (χ2v) is 6.19. The van der Waals surface area contributed by atoms with Crippen LogP contribution in [0.5, 0.6) is 0 Å². The maximum Gasteiger partial charge on any atom is 0.416 e. The van der Waals surface area contributed by atoms with Crippen molar-refractivity contribution in [2.45, 2.75) is 18.6 Å². The third-order valence-electron chi connectivity index (χ3n) is 3.28. The lowest BCUT2D eigenvalue weighted by atomic mass is 9.83. The third kappa shape index (κ3) is 3.25. The third-order valence-corrected chi connectivity index (χ3v) is 4.09. The van der Waals surface area contributed by atoms with Crippen LogP contribution in [0.4, 0.5) is 13.2 Å². The molecule has 0 aromatic heterocycles. The Morgan fingerprint density at radius 2 is 1.57 bits per heavy atom. The zero-order chi connectivity index (χ0) is 15.8. The molecule has 0 aliphatic rings. The molecule has 0 saturated carbocycles. The van der Waals surface area contributed by atoms with Crippen LogP contribution in [0.2, 0.25) is 5.02 Å². The monoisotopic (exact) mass is 377 g/mol. The van der Waals surface area contributed by atoms with Crippen LogP contribution in [-0.2, 0) is 11.7 Å². The van der Waals surface area contributed by atoms with Crippen LogP contribution in [0.3, 0.4) is 0 Å². The van der Waals surface area contributed by atoms with E-state index < -0.39 is 17.3 Å². The van der Waals surface area contributed by atoms with Gasteiger partial charge < -0.3 is 5.73 Å². The summed E-state index contributed by atoms with van der Waals surface area (Å²) in [4.78, 5) is 0. The Morgan fingerprint density at radius 1 is 1.00 bits per heavy atom. The Morgan fingerprint density at radius 3 is 2.10 bits per heavy atom. The van der Waals surface area contributed by atoms with Gasteiger partial charge in [0.1, 0.15) is 0 Å². The Bertz CT molecular complexity index is 668. The molecule has 0 fully saturated rings. The summed E-state index contributed by atoms with van der Waals surface area (Å²) in [5.74, 6) is 0. The number of benzene rings is 2. The van der Waals surface area contributed by atoms with E-state index in [1.54, 1.807) is 18.2 Å². The highest BCUT2D eigenvalue weighted by molar-refractivity contribution is 9.10. The number of halogens is 5. The molecule has 0 aliphatic heterocycles. The summed E-state index contributed by atoms with van der Waals surface area (Å²) in [6, 6.07) is 10.2. The van der Waals surface area contributed by atoms with Gasteiger partial charge in [0.2, 0.25) is 0 Å². The molecule has 1 unspecified atom stereocenters. The van der Waals surface area contributed by atoms with Crippen molar-refractivity contribution in [2.75, 3.05) is 0 Å². The fraction of sp³-hybridized carbons (Fsp3) is 0.200. The fourth-order valence-corrected chi connectivity index (χ4v) is 3.11. The van der Waals surface area contributed by atoms with Gasteiger partial charge in [-0.05, 0) is 36.2 Å². The highest BCUT2D eigenvalue weighted by atomic mass is 79.9. The number of rotatable bonds is 2. The molecule has 0 heterocycles. The Balaban J connectivity index is 2.64. The number of hydrogen-bond donors (Lipinski definition) is 1. The standard InChI is InChI=1S/C15H12BrClF3N/c1-14(21,12-7-6-9(16)8-13(12)17)10-4-2-3-5-11(10)15(18,19)20/h2-8H,21H2,1H3. The van der Waals surface area contributed by atoms with Gasteiger partial charge >= 0.3 is 6.18 Å². The predicted octanol–water partition coefficient (Wildman–Crippen LogP) is 5.34. The molecule has 0 bridgehead atoms. The fourth-order valence-electron chi connectivity index (χ4n) is 2.24. The minimum Gasteiger partial charge on any atom is -0.318 e. The molecule has 1 atom stereocenters. The van der Waals surface area contributed by atoms with Crippen molar-refractivity contribution in [1.82, 2.24) is 0 Å². The van der Waals surface area contributed by atoms with Crippen LogP contribution < -0.4 is 5.73 Å². The van der Waals surface area contributed by atoms with E-state index in [-0.39, 0.29) is 5.56 Å². The van der Waals surface area contributed by atoms with Gasteiger partial charge in [-0.25, -0.2) is 0 Å². The van der Waals surface area contributed by atoms with E-state index in [0.29, 0.717) is 10.6 Å². The van der Waals surface area contributed by atoms with Crippen molar-refractivity contribution < 1.29 is 13.2 Å². The van der Waals surface area contributed by atoms with Crippen LogP contribution >= 0.6 is 27.5 Å². The van der Waals surface area contributed by atoms with Crippen molar-refractivity contribution in [3.8, 4) is 0 Å². The topological polar surface area (TPSA) is 26.0 Å². The molecule has 2 rings (SSSR count). The van der Waals surface area contributed by atoms with Gasteiger partial charge in [0.25, 0.3) is 0 Å². The average molecular weight is 379 g/mol. The van der Waals surface area contributed by atoms with Gasteiger partial charge in [-0.1, -0.05) is 51.8 Å². The number of nitrogens with two attached hydrogens (primary N) is 1. The molecule has 0 spiro atoms. The average Bonchev–Trinajstić information content (AvgIpc) is 2.37. The molecule has 0 amide bonds. The first-order chi connectivity index (χ1) is 9.64. The molecular formula is C15H12BrClF3N. The highest BCUT2D eigenvalue weighted by Crippen LogP contribution is 2.40. The molecular weight excluding hydrogens is 367 g/mol. The molecule has 2 aromatic rings. The van der Waals surface area contributed by atoms with Gasteiger partial charge in [0, 0.05) is 9.50 Å². The molecule has 0 saturated heterocycles. The smallest absolute Gasteiger partial charge is 0.318 e. The van der Waals surface area contributed by atoms with E-state index in [0.717, 1.165) is 10.5 Å². The van der Waals surface area contributed by atoms with E-state index in [1.807, 2.05) is 0 Å². The van der Waals surface area contributed by atoms with Crippen molar-refractivity contribution in [3.63, 3.8) is 0 Å². The summed E-state index contributed by atoms with van der Waals surface area (Å²) in [5, 5.41) is 0.311. The molecule has 21 heavy (non-hydrogen) atoms. The lowest BCUT2D eigenvalue weighted by Gasteiger charge is -2.30. The molecule has 0 aliphatic carbocycles. The van der Waals surface area contributed by atoms with Gasteiger partial charge in [0.15, 0.2) is 0 Å². The van der Waals surface area contributed by atoms with Crippen LogP contribution in [0.15, 0.2) is 46.9 Å². The van der Waals surface area contributed by atoms with E-state index in [9.17, 15) is 13.2 Å². The number of alkyl halides is 3. The second-order valence-electron chi connectivity index (χ2n) is 4.87. The van der Waals surface area contributed by atoms with Crippen LogP contribution in [0.1, 0.15) is 23.6 Å². The molecule has 2 aromatic carbocycles. The first-order valence-corrected chi connectivity index (χ1v) is 7.22. The minimum atomic E-state index is -4.47. The van der Waals surface area contributed by atoms with Crippen molar-refractivity contribution in [3.05, 3.63) is 68.7 Å². The summed E-state index contributed by atoms with van der Waals surface area (Å²) in [7, 11) is 0. The lowest BCUT2D eigenvalue weighted by molar-refractivity contribution is -0.138. The number of hydrogen-bond acceptors (Lipinski definition) is 1. The van der Waals surface area contributed by atoms with Gasteiger partial charge in [-0.2, -0.15) is 13.2 Å². The molecule has 2 N–H and O–H groups in total. The molecule has 6 heteroatoms.